The van der Waals surface area contributed by atoms with Gasteiger partial charge in [-0.3, -0.25) is 0 Å². The molecule has 0 aliphatic carbocycles. The van der Waals surface area contributed by atoms with Gasteiger partial charge in [0, 0.05) is 9.75 Å². The zero-order chi connectivity index (χ0) is 11.0. The van der Waals surface area contributed by atoms with Crippen molar-refractivity contribution in [1.29, 1.82) is 0 Å². The number of thiophene rings is 1. The Morgan fingerprint density at radius 3 is 2.47 bits per heavy atom. The summed E-state index contributed by atoms with van der Waals surface area (Å²) in [7, 11) is 0. The summed E-state index contributed by atoms with van der Waals surface area (Å²) in [6.45, 7) is 6.20. The van der Waals surface area contributed by atoms with Gasteiger partial charge in [-0.2, -0.15) is 0 Å². The van der Waals surface area contributed by atoms with E-state index in [1.165, 1.54) is 15.3 Å². The predicted octanol–water partition coefficient (Wildman–Crippen LogP) is 4.59. The van der Waals surface area contributed by atoms with Crippen LogP contribution in [0.25, 0.3) is 0 Å². The third-order valence-electron chi connectivity index (χ3n) is 2.44. The Labute approximate surface area is 98.7 Å². The fraction of sp³-hybridized carbons (Fsp3) is 0.333. The zero-order valence-corrected chi connectivity index (χ0v) is 10.6. The highest BCUT2D eigenvalue weighted by molar-refractivity contribution is 7.12. The van der Waals surface area contributed by atoms with E-state index >= 15 is 0 Å². The van der Waals surface area contributed by atoms with Gasteiger partial charge in [-0.25, -0.2) is 0 Å². The summed E-state index contributed by atoms with van der Waals surface area (Å²) in [5.41, 5.74) is 2.36. The van der Waals surface area contributed by atoms with Crippen molar-refractivity contribution in [2.45, 2.75) is 26.1 Å². The Morgan fingerprint density at radius 2 is 2.00 bits per heavy atom. The highest BCUT2D eigenvalue weighted by atomic mass is 35.5. The molecule has 2 aromatic heterocycles. The number of furan rings is 1. The van der Waals surface area contributed by atoms with Crippen LogP contribution in [-0.2, 0) is 0 Å². The van der Waals surface area contributed by atoms with Crippen LogP contribution >= 0.6 is 22.9 Å². The van der Waals surface area contributed by atoms with Gasteiger partial charge in [-0.1, -0.05) is 0 Å². The molecule has 0 aliphatic rings. The molecule has 0 aliphatic heterocycles. The van der Waals surface area contributed by atoms with Crippen LogP contribution in [-0.4, -0.2) is 0 Å². The number of hydrogen-bond donors (Lipinski definition) is 0. The van der Waals surface area contributed by atoms with Crippen molar-refractivity contribution in [1.82, 2.24) is 0 Å². The first-order valence-corrected chi connectivity index (χ1v) is 6.10. The maximum Gasteiger partial charge on any atom is 0.129 e. The summed E-state index contributed by atoms with van der Waals surface area (Å²) in [6, 6.07) is 4.11. The molecule has 0 radical (unpaired) electrons. The summed E-state index contributed by atoms with van der Waals surface area (Å²) in [5, 5.41) is -0.154. The van der Waals surface area contributed by atoms with Crippen LogP contribution in [0.1, 0.15) is 32.0 Å². The molecule has 2 aromatic rings. The van der Waals surface area contributed by atoms with E-state index in [2.05, 4.69) is 19.9 Å². The molecule has 1 nitrogen and oxygen atoms in total. The van der Waals surface area contributed by atoms with Gasteiger partial charge >= 0.3 is 0 Å². The highest BCUT2D eigenvalue weighted by Crippen LogP contribution is 2.37. The minimum Gasteiger partial charge on any atom is -0.467 e. The molecule has 1 unspecified atom stereocenters. The van der Waals surface area contributed by atoms with Crippen molar-refractivity contribution in [2.24, 2.45) is 0 Å². The smallest absolute Gasteiger partial charge is 0.129 e. The second-order valence-corrected chi connectivity index (χ2v) is 5.46. The van der Waals surface area contributed by atoms with Crippen molar-refractivity contribution in [3.05, 3.63) is 45.0 Å². The summed E-state index contributed by atoms with van der Waals surface area (Å²) >= 11 is 8.15. The van der Waals surface area contributed by atoms with Gasteiger partial charge in [-0.05, 0) is 44.0 Å². The average molecular weight is 241 g/mol. The van der Waals surface area contributed by atoms with Crippen LogP contribution < -0.4 is 0 Å². The van der Waals surface area contributed by atoms with E-state index in [0.29, 0.717) is 0 Å². The molecule has 0 saturated heterocycles. The molecule has 0 amide bonds. The zero-order valence-electron chi connectivity index (χ0n) is 9.00. The molecule has 0 fully saturated rings. The van der Waals surface area contributed by atoms with Gasteiger partial charge in [0.2, 0.25) is 0 Å². The van der Waals surface area contributed by atoms with Gasteiger partial charge < -0.3 is 4.42 Å². The third-order valence-corrected chi connectivity index (χ3v) is 4.20. The lowest BCUT2D eigenvalue weighted by atomic mass is 10.1. The largest absolute Gasteiger partial charge is 0.467 e. The molecule has 2 rings (SSSR count). The third kappa shape index (κ3) is 1.97. The van der Waals surface area contributed by atoms with Gasteiger partial charge in [0.15, 0.2) is 0 Å². The molecular formula is C12H13ClOS. The van der Waals surface area contributed by atoms with E-state index in [9.17, 15) is 0 Å². The fourth-order valence-corrected chi connectivity index (χ4v) is 3.22. The monoisotopic (exact) mass is 240 g/mol. The van der Waals surface area contributed by atoms with Gasteiger partial charge in [-0.15, -0.1) is 22.9 Å². The molecule has 0 bridgehead atoms. The topological polar surface area (TPSA) is 13.1 Å². The molecule has 0 aromatic carbocycles. The van der Waals surface area contributed by atoms with E-state index in [0.717, 1.165) is 11.3 Å². The fourth-order valence-electron chi connectivity index (χ4n) is 1.67. The van der Waals surface area contributed by atoms with Crippen LogP contribution in [0.3, 0.4) is 0 Å². The molecule has 0 saturated carbocycles. The average Bonchev–Trinajstić information content (AvgIpc) is 2.71. The first-order chi connectivity index (χ1) is 7.09. The molecule has 3 heteroatoms. The van der Waals surface area contributed by atoms with Gasteiger partial charge in [0.25, 0.3) is 0 Å². The number of aryl methyl sites for hydroxylation is 3. The lowest BCUT2D eigenvalue weighted by Crippen LogP contribution is -1.91. The SMILES string of the molecule is Cc1cc(C)c(C(Cl)c2occc2C)s1. The maximum absolute atomic E-state index is 6.41. The summed E-state index contributed by atoms with van der Waals surface area (Å²) in [6.07, 6.45) is 1.69. The minimum absolute atomic E-state index is 0.154. The molecule has 0 N–H and O–H groups in total. The van der Waals surface area contributed by atoms with E-state index in [4.69, 9.17) is 16.0 Å². The predicted molar refractivity (Wildman–Crippen MR) is 64.9 cm³/mol. The first kappa shape index (κ1) is 10.8. The van der Waals surface area contributed by atoms with Gasteiger partial charge in [0.05, 0.1) is 6.26 Å². The van der Waals surface area contributed by atoms with Crippen LogP contribution in [0.2, 0.25) is 0 Å². The van der Waals surface area contributed by atoms with Crippen LogP contribution in [0, 0.1) is 20.8 Å². The molecule has 2 heterocycles. The lowest BCUT2D eigenvalue weighted by Gasteiger charge is -2.06. The Bertz CT molecular complexity index is 470. The standard InChI is InChI=1S/C12H13ClOS/c1-7-4-5-14-11(7)10(13)12-8(2)6-9(3)15-12/h4-6,10H,1-3H3. The van der Waals surface area contributed by atoms with Crippen molar-refractivity contribution in [2.75, 3.05) is 0 Å². The number of alkyl halides is 1. The van der Waals surface area contributed by atoms with Crippen molar-refractivity contribution in [3.8, 4) is 0 Å². The van der Waals surface area contributed by atoms with Crippen LogP contribution in [0.4, 0.5) is 0 Å². The molecule has 15 heavy (non-hydrogen) atoms. The maximum atomic E-state index is 6.41. The normalized spacial score (nSPS) is 13.1. The summed E-state index contributed by atoms with van der Waals surface area (Å²) in [4.78, 5) is 2.48. The molecular weight excluding hydrogens is 228 g/mol. The second-order valence-electron chi connectivity index (χ2n) is 3.73. The molecule has 80 valence electrons. The molecule has 0 spiro atoms. The minimum atomic E-state index is -0.154. The first-order valence-electron chi connectivity index (χ1n) is 4.84. The van der Waals surface area contributed by atoms with Crippen molar-refractivity contribution in [3.63, 3.8) is 0 Å². The Morgan fingerprint density at radius 1 is 1.27 bits per heavy atom. The van der Waals surface area contributed by atoms with Crippen molar-refractivity contribution >= 4 is 22.9 Å². The summed E-state index contributed by atoms with van der Waals surface area (Å²) < 4.78 is 5.42. The lowest BCUT2D eigenvalue weighted by molar-refractivity contribution is 0.514. The van der Waals surface area contributed by atoms with Crippen LogP contribution in [0.15, 0.2) is 22.8 Å². The Balaban J connectivity index is 2.40. The quantitative estimate of drug-likeness (QED) is 0.700. The number of halogens is 1. The van der Waals surface area contributed by atoms with Crippen LogP contribution in [0.5, 0.6) is 0 Å². The Kier molecular flexibility index (Phi) is 2.89. The van der Waals surface area contributed by atoms with E-state index in [1.54, 1.807) is 17.6 Å². The van der Waals surface area contributed by atoms with E-state index in [-0.39, 0.29) is 5.38 Å². The van der Waals surface area contributed by atoms with Crippen molar-refractivity contribution < 1.29 is 4.42 Å². The number of rotatable bonds is 2. The Hall–Kier alpha value is -0.730. The summed E-state index contributed by atoms with van der Waals surface area (Å²) in [5.74, 6) is 0.863. The number of hydrogen-bond acceptors (Lipinski definition) is 2. The van der Waals surface area contributed by atoms with Gasteiger partial charge in [0.1, 0.15) is 11.1 Å². The highest BCUT2D eigenvalue weighted by Gasteiger charge is 2.20. The second kappa shape index (κ2) is 4.03. The van der Waals surface area contributed by atoms with E-state index in [1.807, 2.05) is 13.0 Å². The van der Waals surface area contributed by atoms with E-state index < -0.39 is 0 Å². The molecule has 1 atom stereocenters.